The van der Waals surface area contributed by atoms with Crippen molar-refractivity contribution in [2.24, 2.45) is 5.73 Å². The van der Waals surface area contributed by atoms with E-state index in [1.165, 1.54) is 6.42 Å². The van der Waals surface area contributed by atoms with Crippen molar-refractivity contribution in [3.63, 3.8) is 0 Å². The molecule has 3 nitrogen and oxygen atoms in total. The third-order valence-corrected chi connectivity index (χ3v) is 3.08. The summed E-state index contributed by atoms with van der Waals surface area (Å²) in [5, 5.41) is 0. The Morgan fingerprint density at radius 3 is 2.64 bits per heavy atom. The van der Waals surface area contributed by atoms with Crippen LogP contribution in [0.15, 0.2) is 0 Å². The number of likely N-dealkylation sites (tertiary alicyclic amines) is 1. The van der Waals surface area contributed by atoms with Crippen LogP contribution >= 0.6 is 12.2 Å². The van der Waals surface area contributed by atoms with Crippen molar-refractivity contribution in [2.75, 3.05) is 32.7 Å². The molecule has 1 unspecified atom stereocenters. The summed E-state index contributed by atoms with van der Waals surface area (Å²) in [6.07, 6.45) is 1.25. The molecule has 0 aromatic rings. The summed E-state index contributed by atoms with van der Waals surface area (Å²) in [6, 6.07) is 0.708. The third-order valence-electron chi connectivity index (χ3n) is 2.96. The SMILES string of the molecule is CCN(CC)C1CCN(CC(N)=S)C1. The Bertz CT molecular complexity index is 192. The zero-order valence-electron chi connectivity index (χ0n) is 9.20. The van der Waals surface area contributed by atoms with E-state index in [-0.39, 0.29) is 0 Å². The van der Waals surface area contributed by atoms with Crippen molar-refractivity contribution in [3.05, 3.63) is 0 Å². The van der Waals surface area contributed by atoms with Gasteiger partial charge in [0.25, 0.3) is 0 Å². The third kappa shape index (κ3) is 3.19. The molecule has 1 aliphatic heterocycles. The molecule has 0 spiro atoms. The highest BCUT2D eigenvalue weighted by Gasteiger charge is 2.25. The predicted molar refractivity (Wildman–Crippen MR) is 64.6 cm³/mol. The minimum Gasteiger partial charge on any atom is -0.392 e. The molecule has 2 N–H and O–H groups in total. The summed E-state index contributed by atoms with van der Waals surface area (Å²) >= 11 is 4.92. The van der Waals surface area contributed by atoms with Gasteiger partial charge in [0.15, 0.2) is 0 Å². The maximum absolute atomic E-state index is 5.53. The summed E-state index contributed by atoms with van der Waals surface area (Å²) in [5.41, 5.74) is 5.53. The number of nitrogens with two attached hydrogens (primary N) is 1. The maximum atomic E-state index is 5.53. The molecule has 14 heavy (non-hydrogen) atoms. The number of nitrogens with zero attached hydrogens (tertiary/aromatic N) is 2. The standard InChI is InChI=1S/C10H21N3S/c1-3-13(4-2)9-5-6-12(7-9)8-10(11)14/h9H,3-8H2,1-2H3,(H2,11,14). The van der Waals surface area contributed by atoms with E-state index in [9.17, 15) is 0 Å². The molecule has 1 heterocycles. The molecule has 0 aromatic carbocycles. The van der Waals surface area contributed by atoms with Gasteiger partial charge in [-0.05, 0) is 19.5 Å². The molecule has 1 rings (SSSR count). The highest BCUT2D eigenvalue weighted by atomic mass is 32.1. The first-order valence-electron chi connectivity index (χ1n) is 5.42. The zero-order valence-corrected chi connectivity index (χ0v) is 10.0. The lowest BCUT2D eigenvalue weighted by Crippen LogP contribution is -2.38. The molecule has 0 aromatic heterocycles. The minimum absolute atomic E-state index is 0.616. The van der Waals surface area contributed by atoms with Crippen molar-refractivity contribution in [2.45, 2.75) is 26.3 Å². The van der Waals surface area contributed by atoms with Crippen molar-refractivity contribution >= 4 is 17.2 Å². The molecule has 0 saturated carbocycles. The van der Waals surface area contributed by atoms with Gasteiger partial charge in [-0.2, -0.15) is 0 Å². The largest absolute Gasteiger partial charge is 0.392 e. The van der Waals surface area contributed by atoms with E-state index < -0.39 is 0 Å². The number of rotatable bonds is 5. The number of hydrogen-bond donors (Lipinski definition) is 1. The van der Waals surface area contributed by atoms with Crippen molar-refractivity contribution < 1.29 is 0 Å². The molecule has 4 heteroatoms. The summed E-state index contributed by atoms with van der Waals surface area (Å²) in [7, 11) is 0. The average molecular weight is 215 g/mol. The van der Waals surface area contributed by atoms with E-state index >= 15 is 0 Å². The highest BCUT2D eigenvalue weighted by molar-refractivity contribution is 7.80. The van der Waals surface area contributed by atoms with Crippen LogP contribution in [0.25, 0.3) is 0 Å². The molecule has 1 atom stereocenters. The maximum Gasteiger partial charge on any atom is 0.0870 e. The van der Waals surface area contributed by atoms with Crippen molar-refractivity contribution in [1.82, 2.24) is 9.80 Å². The lowest BCUT2D eigenvalue weighted by Gasteiger charge is -2.26. The van der Waals surface area contributed by atoms with Crippen LogP contribution in [0.4, 0.5) is 0 Å². The zero-order chi connectivity index (χ0) is 10.6. The summed E-state index contributed by atoms with van der Waals surface area (Å²) in [5.74, 6) is 0. The summed E-state index contributed by atoms with van der Waals surface area (Å²) < 4.78 is 0. The Morgan fingerprint density at radius 2 is 2.14 bits per heavy atom. The smallest absolute Gasteiger partial charge is 0.0870 e. The predicted octanol–water partition coefficient (Wildman–Crippen LogP) is 0.689. The van der Waals surface area contributed by atoms with E-state index in [1.54, 1.807) is 0 Å². The fraction of sp³-hybridized carbons (Fsp3) is 0.900. The van der Waals surface area contributed by atoms with Crippen LogP contribution < -0.4 is 5.73 Å². The van der Waals surface area contributed by atoms with Gasteiger partial charge in [0.1, 0.15) is 0 Å². The van der Waals surface area contributed by atoms with Crippen molar-refractivity contribution in [3.8, 4) is 0 Å². The lowest BCUT2D eigenvalue weighted by molar-refractivity contribution is 0.216. The van der Waals surface area contributed by atoms with Gasteiger partial charge in [-0.3, -0.25) is 9.80 Å². The van der Waals surface area contributed by atoms with Crippen LogP contribution in [-0.4, -0.2) is 53.6 Å². The molecule has 82 valence electrons. The Balaban J connectivity index is 2.36. The molecule has 0 bridgehead atoms. The second-order valence-corrected chi connectivity index (χ2v) is 4.39. The van der Waals surface area contributed by atoms with Gasteiger partial charge in [0.05, 0.1) is 4.99 Å². The van der Waals surface area contributed by atoms with Crippen molar-refractivity contribution in [1.29, 1.82) is 0 Å². The first-order chi connectivity index (χ1) is 6.67. The van der Waals surface area contributed by atoms with Gasteiger partial charge < -0.3 is 5.73 Å². The second kappa shape index (κ2) is 5.63. The molecule has 0 amide bonds. The van der Waals surface area contributed by atoms with Crippen LogP contribution in [0.1, 0.15) is 20.3 Å². The van der Waals surface area contributed by atoms with Crippen LogP contribution in [0.3, 0.4) is 0 Å². The second-order valence-electron chi connectivity index (χ2n) is 3.87. The van der Waals surface area contributed by atoms with Gasteiger partial charge in [0.2, 0.25) is 0 Å². The van der Waals surface area contributed by atoms with E-state index in [1.807, 2.05) is 0 Å². The van der Waals surface area contributed by atoms with Crippen LogP contribution in [0.5, 0.6) is 0 Å². The molecule has 1 saturated heterocycles. The van der Waals surface area contributed by atoms with Gasteiger partial charge >= 0.3 is 0 Å². The first-order valence-corrected chi connectivity index (χ1v) is 5.82. The number of likely N-dealkylation sites (N-methyl/N-ethyl adjacent to an activating group) is 1. The summed E-state index contributed by atoms with van der Waals surface area (Å²) in [4.78, 5) is 5.48. The Kier molecular flexibility index (Phi) is 4.78. The van der Waals surface area contributed by atoms with E-state index in [2.05, 4.69) is 23.6 Å². The monoisotopic (exact) mass is 215 g/mol. The highest BCUT2D eigenvalue weighted by Crippen LogP contribution is 2.14. The first kappa shape index (κ1) is 11.9. The molecule has 1 fully saturated rings. The van der Waals surface area contributed by atoms with Crippen LogP contribution in [0.2, 0.25) is 0 Å². The molecular formula is C10H21N3S. The molecule has 0 radical (unpaired) electrons. The minimum atomic E-state index is 0.616. The van der Waals surface area contributed by atoms with Crippen LogP contribution in [0, 0.1) is 0 Å². The topological polar surface area (TPSA) is 32.5 Å². The fourth-order valence-electron chi connectivity index (χ4n) is 2.21. The van der Waals surface area contributed by atoms with E-state index in [4.69, 9.17) is 18.0 Å². The van der Waals surface area contributed by atoms with Gasteiger partial charge in [0, 0.05) is 25.7 Å². The van der Waals surface area contributed by atoms with Gasteiger partial charge in [-0.15, -0.1) is 0 Å². The Morgan fingerprint density at radius 1 is 1.50 bits per heavy atom. The van der Waals surface area contributed by atoms with Gasteiger partial charge in [-0.25, -0.2) is 0 Å². The summed E-state index contributed by atoms with van der Waals surface area (Å²) in [6.45, 7) is 9.77. The normalized spacial score (nSPS) is 23.2. The van der Waals surface area contributed by atoms with Gasteiger partial charge in [-0.1, -0.05) is 26.1 Å². The Hall–Kier alpha value is -0.190. The quantitative estimate of drug-likeness (QED) is 0.684. The fourth-order valence-corrected chi connectivity index (χ4v) is 2.40. The molecule has 1 aliphatic rings. The molecular weight excluding hydrogens is 194 g/mol. The van der Waals surface area contributed by atoms with Crippen LogP contribution in [-0.2, 0) is 0 Å². The van der Waals surface area contributed by atoms with E-state index in [0.29, 0.717) is 11.0 Å². The number of thiocarbonyl (C=S) groups is 1. The average Bonchev–Trinajstić information content (AvgIpc) is 2.54. The lowest BCUT2D eigenvalue weighted by atomic mass is 10.2. The Labute approximate surface area is 92.2 Å². The van der Waals surface area contributed by atoms with E-state index in [0.717, 1.165) is 32.7 Å². The molecule has 0 aliphatic carbocycles. The number of hydrogen-bond acceptors (Lipinski definition) is 3.